The van der Waals surface area contributed by atoms with Crippen LogP contribution >= 0.6 is 0 Å². The van der Waals surface area contributed by atoms with Crippen molar-refractivity contribution in [3.05, 3.63) is 69.8 Å². The molecule has 3 fully saturated rings. The minimum Gasteiger partial charge on any atom is -0.255 e. The summed E-state index contributed by atoms with van der Waals surface area (Å²) >= 11 is 0. The number of benzene rings is 2. The molecule has 6 aliphatic rings. The lowest BCUT2D eigenvalue weighted by atomic mass is 9.63. The summed E-state index contributed by atoms with van der Waals surface area (Å²) in [5, 5.41) is 0. The second-order valence-electron chi connectivity index (χ2n) is 9.27. The van der Waals surface area contributed by atoms with Crippen molar-refractivity contribution in [3.63, 3.8) is 0 Å². The Balaban J connectivity index is 1.59. The van der Waals surface area contributed by atoms with Crippen LogP contribution in [0.3, 0.4) is 0 Å². The van der Waals surface area contributed by atoms with Gasteiger partial charge in [0.1, 0.15) is 5.66 Å². The molecule has 1 aliphatic carbocycles. The second kappa shape index (κ2) is 3.58. The van der Waals surface area contributed by atoms with E-state index in [1.807, 2.05) is 0 Å². The summed E-state index contributed by atoms with van der Waals surface area (Å²) in [6, 6.07) is 15.9. The van der Waals surface area contributed by atoms with Crippen LogP contribution in [-0.4, -0.2) is 27.5 Å². The van der Waals surface area contributed by atoms with Gasteiger partial charge < -0.3 is 0 Å². The van der Waals surface area contributed by atoms with Gasteiger partial charge in [0, 0.05) is 12.1 Å². The lowest BCUT2D eigenvalue weighted by Crippen LogP contribution is -2.86. The highest BCUT2D eigenvalue weighted by molar-refractivity contribution is 5.64. The summed E-state index contributed by atoms with van der Waals surface area (Å²) in [5.74, 6) is 0. The maximum atomic E-state index is 3.03. The molecule has 0 N–H and O–H groups in total. The predicted molar refractivity (Wildman–Crippen MR) is 96.3 cm³/mol. The molecule has 0 radical (unpaired) electrons. The maximum absolute atomic E-state index is 3.03. The van der Waals surface area contributed by atoms with Gasteiger partial charge in [-0.3, -0.25) is 9.80 Å². The Bertz CT molecular complexity index is 910. The first-order valence-electron chi connectivity index (χ1n) is 10.2. The summed E-state index contributed by atoms with van der Waals surface area (Å²) in [6.07, 6.45) is 9.29. The first-order chi connectivity index (χ1) is 12.3. The molecule has 2 aromatic carbocycles. The molecule has 2 nitrogen and oxygen atoms in total. The van der Waals surface area contributed by atoms with E-state index in [0.29, 0.717) is 5.66 Å². The molecule has 124 valence electrons. The molecule has 0 bridgehead atoms. The van der Waals surface area contributed by atoms with E-state index in [-0.39, 0.29) is 5.66 Å². The van der Waals surface area contributed by atoms with Crippen molar-refractivity contribution in [2.45, 2.75) is 68.4 Å². The average Bonchev–Trinajstić information content (AvgIpc) is 3.14. The van der Waals surface area contributed by atoms with Crippen molar-refractivity contribution < 1.29 is 0 Å². The Labute approximate surface area is 148 Å². The molecule has 0 amide bonds. The van der Waals surface area contributed by atoms with E-state index in [2.05, 4.69) is 46.2 Å². The van der Waals surface area contributed by atoms with Gasteiger partial charge in [-0.2, -0.15) is 0 Å². The van der Waals surface area contributed by atoms with Crippen LogP contribution in [0.5, 0.6) is 0 Å². The summed E-state index contributed by atoms with van der Waals surface area (Å²) in [6.45, 7) is 0. The van der Waals surface area contributed by atoms with Crippen molar-refractivity contribution in [2.75, 3.05) is 0 Å². The van der Waals surface area contributed by atoms with E-state index in [9.17, 15) is 0 Å². The minimum atomic E-state index is 0.106. The fourth-order valence-electron chi connectivity index (χ4n) is 8.20. The fourth-order valence-corrected chi connectivity index (χ4v) is 8.20. The Kier molecular flexibility index (Phi) is 1.82. The number of hydrogen-bond donors (Lipinski definition) is 0. The van der Waals surface area contributed by atoms with Crippen molar-refractivity contribution in [2.24, 2.45) is 0 Å². The van der Waals surface area contributed by atoms with Gasteiger partial charge >= 0.3 is 0 Å². The third kappa shape index (κ3) is 1.04. The lowest BCUT2D eigenvalue weighted by molar-refractivity contribution is -0.299. The monoisotopic (exact) mass is 326 g/mol. The van der Waals surface area contributed by atoms with E-state index < -0.39 is 0 Å². The molecule has 2 aromatic rings. The lowest BCUT2D eigenvalue weighted by Gasteiger charge is -2.76. The van der Waals surface area contributed by atoms with E-state index in [0.717, 1.165) is 18.5 Å². The second-order valence-corrected chi connectivity index (χ2v) is 9.27. The van der Waals surface area contributed by atoms with Crippen LogP contribution in [0.1, 0.15) is 59.1 Å². The molecule has 3 saturated heterocycles. The summed E-state index contributed by atoms with van der Waals surface area (Å²) in [7, 11) is 0. The smallest absolute Gasteiger partial charge is 0.131 e. The van der Waals surface area contributed by atoms with Crippen LogP contribution in [0, 0.1) is 0 Å². The van der Waals surface area contributed by atoms with Crippen LogP contribution in [0.25, 0.3) is 0 Å². The van der Waals surface area contributed by atoms with Crippen molar-refractivity contribution in [1.29, 1.82) is 0 Å². The average molecular weight is 326 g/mol. The molecule has 25 heavy (non-hydrogen) atoms. The van der Waals surface area contributed by atoms with Crippen molar-refractivity contribution >= 4 is 0 Å². The van der Waals surface area contributed by atoms with E-state index in [4.69, 9.17) is 0 Å². The number of hydrogen-bond acceptors (Lipinski definition) is 2. The standard InChI is InChI=1S/C23H22N2/c1-3-14-11-15-4-2-6-17-13-19-8-10-22-9-7-18-12-16(5-1)20(14)23(21(15)17,24(18)22)25(19)22/h1-6,18-19H,7-13H2. The molecule has 5 heterocycles. The fraction of sp³-hybridized carbons (Fsp3) is 0.478. The Morgan fingerprint density at radius 1 is 0.720 bits per heavy atom. The number of nitrogens with zero attached hydrogens (tertiary/aromatic N) is 2. The molecule has 5 aliphatic heterocycles. The van der Waals surface area contributed by atoms with Gasteiger partial charge in [0.25, 0.3) is 0 Å². The molecule has 8 rings (SSSR count). The van der Waals surface area contributed by atoms with Crippen LogP contribution < -0.4 is 0 Å². The highest BCUT2D eigenvalue weighted by atomic mass is 15.7. The van der Waals surface area contributed by atoms with Gasteiger partial charge in [-0.1, -0.05) is 36.4 Å². The molecule has 2 heteroatoms. The topological polar surface area (TPSA) is 6.48 Å². The van der Waals surface area contributed by atoms with Gasteiger partial charge in [0.15, 0.2) is 0 Å². The van der Waals surface area contributed by atoms with Gasteiger partial charge in [0.05, 0.1) is 5.66 Å². The zero-order valence-electron chi connectivity index (χ0n) is 14.5. The van der Waals surface area contributed by atoms with Gasteiger partial charge in [0.2, 0.25) is 0 Å². The zero-order valence-corrected chi connectivity index (χ0v) is 14.5. The van der Waals surface area contributed by atoms with Crippen LogP contribution in [0.2, 0.25) is 0 Å². The van der Waals surface area contributed by atoms with Crippen LogP contribution in [-0.2, 0) is 24.9 Å². The largest absolute Gasteiger partial charge is 0.255 e. The van der Waals surface area contributed by atoms with Crippen LogP contribution in [0.15, 0.2) is 36.4 Å². The summed E-state index contributed by atoms with van der Waals surface area (Å²) < 4.78 is 0. The minimum absolute atomic E-state index is 0.106. The third-order valence-electron chi connectivity index (χ3n) is 8.54. The highest BCUT2D eigenvalue weighted by Gasteiger charge is 2.79. The summed E-state index contributed by atoms with van der Waals surface area (Å²) in [5.41, 5.74) is 10.4. The van der Waals surface area contributed by atoms with E-state index in [1.165, 1.54) is 38.5 Å². The molecule has 0 saturated carbocycles. The molecular weight excluding hydrogens is 304 g/mol. The van der Waals surface area contributed by atoms with Crippen molar-refractivity contribution in [3.8, 4) is 0 Å². The normalized spacial score (nSPS) is 41.3. The van der Waals surface area contributed by atoms with Crippen molar-refractivity contribution in [1.82, 2.24) is 9.80 Å². The Morgan fingerprint density at radius 2 is 1.24 bits per heavy atom. The first-order valence-corrected chi connectivity index (χ1v) is 10.2. The van der Waals surface area contributed by atoms with Gasteiger partial charge in [-0.25, -0.2) is 0 Å². The Hall–Kier alpha value is -1.64. The van der Waals surface area contributed by atoms with Gasteiger partial charge in [-0.15, -0.1) is 0 Å². The summed E-state index contributed by atoms with van der Waals surface area (Å²) in [4.78, 5) is 6.07. The molecular formula is C23H22N2. The van der Waals surface area contributed by atoms with E-state index in [1.54, 1.807) is 33.4 Å². The maximum Gasteiger partial charge on any atom is 0.131 e. The van der Waals surface area contributed by atoms with E-state index >= 15 is 0 Å². The molecule has 2 atom stereocenters. The predicted octanol–water partition coefficient (Wildman–Crippen LogP) is 3.54. The Morgan fingerprint density at radius 3 is 1.80 bits per heavy atom. The molecule has 2 spiro atoms. The van der Waals surface area contributed by atoms with Gasteiger partial charge in [-0.05, 0) is 78.3 Å². The number of rotatable bonds is 0. The van der Waals surface area contributed by atoms with Crippen LogP contribution in [0.4, 0.5) is 0 Å². The third-order valence-corrected chi connectivity index (χ3v) is 8.54. The first kappa shape index (κ1) is 12.7. The zero-order chi connectivity index (χ0) is 16.0. The SMILES string of the molecule is c1cc2c3c(c1)CC1CCC45CCC6Cc7cccc(c7C3(N14)N65)C2. The quantitative estimate of drug-likeness (QED) is 0.730. The molecule has 2 unspecified atom stereocenters. The highest BCUT2D eigenvalue weighted by Crippen LogP contribution is 2.72. The molecule has 0 aromatic heterocycles.